The minimum absolute atomic E-state index is 0.666. The number of alkyl halides is 3. The molecule has 0 heterocycles. The average Bonchev–Trinajstić information content (AvgIpc) is 2.14. The molecule has 0 aliphatic carbocycles. The summed E-state index contributed by atoms with van der Waals surface area (Å²) < 4.78 is 56.1. The molecule has 92 valence electrons. The molecule has 0 aromatic heterocycles. The summed E-state index contributed by atoms with van der Waals surface area (Å²) in [7, 11) is -4.01. The number of hydrogen-bond acceptors (Lipinski definition) is 4. The van der Waals surface area contributed by atoms with E-state index in [2.05, 4.69) is 0 Å². The average molecular weight is 313 g/mol. The van der Waals surface area contributed by atoms with Gasteiger partial charge in [-0.3, -0.25) is 0 Å². The molecule has 0 aromatic carbocycles. The molecule has 12 heteroatoms. The van der Waals surface area contributed by atoms with Gasteiger partial charge in [0.05, 0.1) is 5.54 Å². The van der Waals surface area contributed by atoms with Crippen molar-refractivity contribution in [1.29, 1.82) is 0 Å². The van der Waals surface area contributed by atoms with Crippen molar-refractivity contribution in [2.45, 2.75) is 18.6 Å². The third-order valence-corrected chi connectivity index (χ3v) is 7.64. The van der Waals surface area contributed by atoms with Gasteiger partial charge in [0, 0.05) is 0 Å². The fraction of sp³-hybridized carbons (Fsp3) is 1.00. The van der Waals surface area contributed by atoms with Gasteiger partial charge in [0.15, 0.2) is 9.76 Å². The first-order chi connectivity index (χ1) is 6.98. The minimum Gasteiger partial charge on any atom is -0.449 e. The molecule has 0 fully saturated rings. The Kier molecular flexibility index (Phi) is 9.24. The van der Waals surface area contributed by atoms with Crippen molar-refractivity contribution in [1.82, 2.24) is 0 Å². The van der Waals surface area contributed by atoms with E-state index in [1.807, 2.05) is 0 Å². The zero-order chi connectivity index (χ0) is 11.7. The Hall–Kier alpha value is 0.714. The zero-order valence-corrected chi connectivity index (χ0v) is 16.3. The van der Waals surface area contributed by atoms with Crippen molar-refractivity contribution in [3.63, 3.8) is 0 Å². The second kappa shape index (κ2) is 8.82. The van der Waals surface area contributed by atoms with Gasteiger partial charge in [0.1, 0.15) is 10.5 Å². The summed E-state index contributed by atoms with van der Waals surface area (Å²) in [5.41, 5.74) is -1.30. The summed E-state index contributed by atoms with van der Waals surface area (Å²) in [5.74, 6) is 0. The molecule has 0 radical (unpaired) electrons. The molecule has 0 saturated carbocycles. The standard InChI is InChI=1S/C3H15F3O4Si5/c1-2(3(4,5)6)12-8-14-10-15-9-13-7-11/h2H,12-15H2,1,11H3. The lowest BCUT2D eigenvalue weighted by Gasteiger charge is -2.14. The highest BCUT2D eigenvalue weighted by Gasteiger charge is 2.36. The van der Waals surface area contributed by atoms with Crippen molar-refractivity contribution < 1.29 is 29.6 Å². The van der Waals surface area contributed by atoms with Crippen molar-refractivity contribution in [3.8, 4) is 0 Å². The zero-order valence-electron chi connectivity index (χ0n) is 8.67. The van der Waals surface area contributed by atoms with Gasteiger partial charge in [-0.05, 0) is 0 Å². The van der Waals surface area contributed by atoms with Crippen molar-refractivity contribution >= 4 is 50.3 Å². The molecule has 0 rings (SSSR count). The summed E-state index contributed by atoms with van der Waals surface area (Å²) in [5, 5.41) is 0. The van der Waals surface area contributed by atoms with Crippen LogP contribution in [0.5, 0.6) is 0 Å². The molecule has 1 unspecified atom stereocenters. The monoisotopic (exact) mass is 312 g/mol. The molecular weight excluding hydrogens is 297 g/mol. The molecule has 1 atom stereocenters. The van der Waals surface area contributed by atoms with Gasteiger partial charge >= 0.3 is 6.18 Å². The topological polar surface area (TPSA) is 36.9 Å². The third-order valence-electron chi connectivity index (χ3n) is 1.46. The molecule has 15 heavy (non-hydrogen) atoms. The van der Waals surface area contributed by atoms with Crippen LogP contribution in [0.2, 0.25) is 5.54 Å². The molecule has 4 nitrogen and oxygen atoms in total. The van der Waals surface area contributed by atoms with Crippen LogP contribution in [0.15, 0.2) is 0 Å². The second-order valence-corrected chi connectivity index (χ2v) is 12.3. The van der Waals surface area contributed by atoms with Crippen LogP contribution in [-0.4, -0.2) is 56.4 Å². The molecule has 0 aliphatic heterocycles. The lowest BCUT2D eigenvalue weighted by atomic mass is 10.5. The number of rotatable bonds is 8. The van der Waals surface area contributed by atoms with E-state index in [1.54, 1.807) is 0 Å². The van der Waals surface area contributed by atoms with Crippen molar-refractivity contribution in [2.24, 2.45) is 0 Å². The predicted molar refractivity (Wildman–Crippen MR) is 63.9 cm³/mol. The Morgan fingerprint density at radius 3 is 2.13 bits per heavy atom. The van der Waals surface area contributed by atoms with Gasteiger partial charge in [-0.2, -0.15) is 13.2 Å². The van der Waals surface area contributed by atoms with Crippen molar-refractivity contribution in [3.05, 3.63) is 0 Å². The van der Waals surface area contributed by atoms with Crippen LogP contribution in [0, 0.1) is 0 Å². The van der Waals surface area contributed by atoms with Gasteiger partial charge in [-0.15, -0.1) is 0 Å². The summed E-state index contributed by atoms with van der Waals surface area (Å²) in [4.78, 5) is 0. The maximum atomic E-state index is 12.0. The first kappa shape index (κ1) is 15.7. The van der Waals surface area contributed by atoms with E-state index in [0.717, 1.165) is 6.92 Å². The Balaban J connectivity index is 3.24. The summed E-state index contributed by atoms with van der Waals surface area (Å²) in [6.45, 7) is 1.15. The lowest BCUT2D eigenvalue weighted by Crippen LogP contribution is -2.24. The van der Waals surface area contributed by atoms with Gasteiger partial charge < -0.3 is 16.5 Å². The molecule has 0 aliphatic rings. The highest BCUT2D eigenvalue weighted by molar-refractivity contribution is 6.47. The molecule has 0 spiro atoms. The van der Waals surface area contributed by atoms with E-state index in [-0.39, 0.29) is 0 Å². The van der Waals surface area contributed by atoms with E-state index in [9.17, 15) is 13.2 Å². The van der Waals surface area contributed by atoms with Crippen LogP contribution in [0.3, 0.4) is 0 Å². The Morgan fingerprint density at radius 1 is 1.07 bits per heavy atom. The van der Waals surface area contributed by atoms with Gasteiger partial charge in [0.2, 0.25) is 0 Å². The minimum atomic E-state index is -4.12. The van der Waals surface area contributed by atoms with Crippen molar-refractivity contribution in [2.75, 3.05) is 0 Å². The van der Waals surface area contributed by atoms with Crippen LogP contribution in [0.25, 0.3) is 0 Å². The maximum Gasteiger partial charge on any atom is 0.390 e. The van der Waals surface area contributed by atoms with Crippen LogP contribution in [0.4, 0.5) is 13.2 Å². The molecule has 0 aromatic rings. The Labute approximate surface area is 98.9 Å². The smallest absolute Gasteiger partial charge is 0.390 e. The molecule has 0 bridgehead atoms. The van der Waals surface area contributed by atoms with Crippen LogP contribution in [0.1, 0.15) is 6.92 Å². The largest absolute Gasteiger partial charge is 0.449 e. The molecule has 0 saturated heterocycles. The van der Waals surface area contributed by atoms with E-state index in [1.165, 1.54) is 0 Å². The molecular formula is C3H15F3O4Si5. The van der Waals surface area contributed by atoms with Crippen LogP contribution >= 0.6 is 0 Å². The fourth-order valence-electron chi connectivity index (χ4n) is 0.589. The van der Waals surface area contributed by atoms with Gasteiger partial charge in [-0.1, -0.05) is 6.92 Å². The quantitative estimate of drug-likeness (QED) is 0.349. The Bertz CT molecular complexity index is 159. The lowest BCUT2D eigenvalue weighted by molar-refractivity contribution is -0.131. The first-order valence-electron chi connectivity index (χ1n) is 4.27. The van der Waals surface area contributed by atoms with Crippen LogP contribution < -0.4 is 0 Å². The maximum absolute atomic E-state index is 12.0. The molecule has 0 amide bonds. The highest BCUT2D eigenvalue weighted by atomic mass is 28.4. The Morgan fingerprint density at radius 2 is 1.60 bits per heavy atom. The summed E-state index contributed by atoms with van der Waals surface area (Å²) >= 11 is 0. The third kappa shape index (κ3) is 9.63. The fourth-order valence-corrected chi connectivity index (χ4v) is 8.35. The first-order valence-corrected chi connectivity index (χ1v) is 9.94. The molecule has 0 N–H and O–H groups in total. The van der Waals surface area contributed by atoms with E-state index >= 15 is 0 Å². The summed E-state index contributed by atoms with van der Waals surface area (Å²) in [6.07, 6.45) is -4.12. The number of hydrogen-bond donors (Lipinski definition) is 0. The summed E-state index contributed by atoms with van der Waals surface area (Å²) in [6, 6.07) is 0. The van der Waals surface area contributed by atoms with E-state index < -0.39 is 51.5 Å². The van der Waals surface area contributed by atoms with E-state index in [0.29, 0.717) is 10.5 Å². The second-order valence-electron chi connectivity index (χ2n) is 2.86. The van der Waals surface area contributed by atoms with Gasteiger partial charge in [-0.25, -0.2) is 0 Å². The van der Waals surface area contributed by atoms with Crippen LogP contribution in [-0.2, 0) is 16.5 Å². The number of halogens is 3. The SMILES string of the molecule is CC([SiH2]O[SiH2]O[SiH2]O[SiH2]O[SiH3])C(F)(F)F. The highest BCUT2D eigenvalue weighted by Crippen LogP contribution is 2.29. The van der Waals surface area contributed by atoms with E-state index in [4.69, 9.17) is 16.5 Å². The normalized spacial score (nSPS) is 17.6. The predicted octanol–water partition coefficient (Wildman–Crippen LogP) is -3.22. The van der Waals surface area contributed by atoms with Gasteiger partial charge in [0.25, 0.3) is 30.0 Å².